The number of nitrogens with zero attached hydrogens (tertiary/aromatic N) is 1. The second kappa shape index (κ2) is 6.61. The first-order valence-corrected chi connectivity index (χ1v) is 6.10. The maximum absolute atomic E-state index is 5.72. The molecule has 3 N–H and O–H groups in total. The molecule has 0 unspecified atom stereocenters. The topological polar surface area (TPSA) is 69.4 Å². The summed E-state index contributed by atoms with van der Waals surface area (Å²) >= 11 is 0. The van der Waals surface area contributed by atoms with Gasteiger partial charge in [-0.3, -0.25) is 0 Å². The number of nitrogens with one attached hydrogen (secondary N) is 1. The highest BCUT2D eigenvalue weighted by molar-refractivity contribution is 5.39. The van der Waals surface area contributed by atoms with E-state index < -0.39 is 0 Å². The van der Waals surface area contributed by atoms with Crippen LogP contribution in [0.3, 0.4) is 0 Å². The summed E-state index contributed by atoms with van der Waals surface area (Å²) in [6.45, 7) is 2.90. The van der Waals surface area contributed by atoms with Gasteiger partial charge in [-0.2, -0.15) is 0 Å². The Kier molecular flexibility index (Phi) is 4.58. The lowest BCUT2D eigenvalue weighted by molar-refractivity contribution is 0.266. The first kappa shape index (κ1) is 13.2. The zero-order valence-electron chi connectivity index (χ0n) is 10.8. The molecule has 5 heteroatoms. The molecule has 0 spiro atoms. The van der Waals surface area contributed by atoms with E-state index in [1.54, 1.807) is 6.07 Å². The molecule has 0 saturated carbocycles. The molecule has 0 amide bonds. The lowest BCUT2D eigenvalue weighted by atomic mass is 10.3. The summed E-state index contributed by atoms with van der Waals surface area (Å²) in [5.41, 5.74) is 3.30. The number of hydrogen-bond acceptors (Lipinski definition) is 5. The fraction of sp³-hybridized carbons (Fsp3) is 0.214. The van der Waals surface area contributed by atoms with Crippen LogP contribution >= 0.6 is 0 Å². The number of aromatic nitrogens is 1. The molecule has 0 atom stereocenters. The molecule has 19 heavy (non-hydrogen) atoms. The van der Waals surface area contributed by atoms with E-state index in [0.29, 0.717) is 24.8 Å². The van der Waals surface area contributed by atoms with Crippen molar-refractivity contribution in [1.29, 1.82) is 0 Å². The number of rotatable bonds is 6. The molecule has 0 aliphatic carbocycles. The molecule has 1 aromatic heterocycles. The van der Waals surface area contributed by atoms with Gasteiger partial charge in [-0.1, -0.05) is 18.2 Å². The first-order chi connectivity index (χ1) is 9.33. The van der Waals surface area contributed by atoms with Crippen LogP contribution in [-0.4, -0.2) is 11.6 Å². The third-order valence-electron chi connectivity index (χ3n) is 2.48. The molecule has 0 aliphatic heterocycles. The molecule has 5 nitrogen and oxygen atoms in total. The number of para-hydroxylation sites is 2. The number of pyridine rings is 1. The van der Waals surface area contributed by atoms with E-state index in [2.05, 4.69) is 10.4 Å². The monoisotopic (exact) mass is 259 g/mol. The number of anilines is 1. The SMILES string of the molecule is CCOc1ccccc1OCc1cccc(NN)n1. The van der Waals surface area contributed by atoms with E-state index in [0.717, 1.165) is 11.4 Å². The van der Waals surface area contributed by atoms with E-state index in [1.807, 2.05) is 43.3 Å². The minimum absolute atomic E-state index is 0.361. The second-order valence-corrected chi connectivity index (χ2v) is 3.83. The van der Waals surface area contributed by atoms with Gasteiger partial charge in [0.05, 0.1) is 12.3 Å². The largest absolute Gasteiger partial charge is 0.490 e. The van der Waals surface area contributed by atoms with Crippen molar-refractivity contribution in [1.82, 2.24) is 4.98 Å². The molecule has 1 aromatic carbocycles. The molecule has 2 rings (SSSR count). The summed E-state index contributed by atoms with van der Waals surface area (Å²) in [6, 6.07) is 13.1. The fourth-order valence-corrected chi connectivity index (χ4v) is 1.64. The van der Waals surface area contributed by atoms with Crippen LogP contribution in [0.5, 0.6) is 11.5 Å². The highest BCUT2D eigenvalue weighted by atomic mass is 16.5. The average molecular weight is 259 g/mol. The third-order valence-corrected chi connectivity index (χ3v) is 2.48. The molecule has 1 heterocycles. The van der Waals surface area contributed by atoms with Crippen LogP contribution in [0.4, 0.5) is 5.82 Å². The predicted molar refractivity (Wildman–Crippen MR) is 74.0 cm³/mol. The van der Waals surface area contributed by atoms with Crippen LogP contribution in [0.15, 0.2) is 42.5 Å². The van der Waals surface area contributed by atoms with Gasteiger partial charge in [-0.15, -0.1) is 0 Å². The van der Waals surface area contributed by atoms with E-state index in [1.165, 1.54) is 0 Å². The number of hydrazine groups is 1. The molecule has 0 radical (unpaired) electrons. The van der Waals surface area contributed by atoms with Crippen LogP contribution in [0, 0.1) is 0 Å². The van der Waals surface area contributed by atoms with Crippen molar-refractivity contribution >= 4 is 5.82 Å². The van der Waals surface area contributed by atoms with Gasteiger partial charge >= 0.3 is 0 Å². The van der Waals surface area contributed by atoms with Gasteiger partial charge in [0.15, 0.2) is 11.5 Å². The Morgan fingerprint density at radius 1 is 1.05 bits per heavy atom. The summed E-state index contributed by atoms with van der Waals surface area (Å²) < 4.78 is 11.2. The lowest BCUT2D eigenvalue weighted by Crippen LogP contribution is -2.10. The summed E-state index contributed by atoms with van der Waals surface area (Å²) in [5.74, 6) is 7.37. The minimum Gasteiger partial charge on any atom is -0.490 e. The van der Waals surface area contributed by atoms with Crippen molar-refractivity contribution < 1.29 is 9.47 Å². The summed E-state index contributed by atoms with van der Waals surface area (Å²) in [5, 5.41) is 0. The highest BCUT2D eigenvalue weighted by Crippen LogP contribution is 2.27. The lowest BCUT2D eigenvalue weighted by Gasteiger charge is -2.11. The number of benzene rings is 1. The van der Waals surface area contributed by atoms with Gasteiger partial charge in [0.25, 0.3) is 0 Å². The molecule has 0 aliphatic rings. The number of nitrogen functional groups attached to an aromatic ring is 1. The Balaban J connectivity index is 2.05. The normalized spacial score (nSPS) is 10.0. The Morgan fingerprint density at radius 3 is 2.47 bits per heavy atom. The Labute approximate surface area is 112 Å². The van der Waals surface area contributed by atoms with Crippen molar-refractivity contribution in [3.8, 4) is 11.5 Å². The van der Waals surface area contributed by atoms with Crippen molar-refractivity contribution in [2.45, 2.75) is 13.5 Å². The van der Waals surface area contributed by atoms with Gasteiger partial charge in [-0.25, -0.2) is 10.8 Å². The minimum atomic E-state index is 0.361. The standard InChI is InChI=1S/C14H17N3O2/c1-2-18-12-7-3-4-8-13(12)19-10-11-6-5-9-14(16-11)17-15/h3-9H,2,10,15H2,1H3,(H,16,17). The quantitative estimate of drug-likeness (QED) is 0.615. The zero-order chi connectivity index (χ0) is 13.5. The van der Waals surface area contributed by atoms with Gasteiger partial charge in [-0.05, 0) is 31.2 Å². The number of hydrogen-bond donors (Lipinski definition) is 2. The molecule has 0 bridgehead atoms. The van der Waals surface area contributed by atoms with Crippen LogP contribution in [0.25, 0.3) is 0 Å². The average Bonchev–Trinajstić information content (AvgIpc) is 2.47. The fourth-order valence-electron chi connectivity index (χ4n) is 1.64. The summed E-state index contributed by atoms with van der Waals surface area (Å²) in [6.07, 6.45) is 0. The molecule has 2 aromatic rings. The van der Waals surface area contributed by atoms with Gasteiger partial charge in [0.2, 0.25) is 0 Å². The summed E-state index contributed by atoms with van der Waals surface area (Å²) in [7, 11) is 0. The summed E-state index contributed by atoms with van der Waals surface area (Å²) in [4.78, 5) is 4.28. The van der Waals surface area contributed by atoms with Crippen molar-refractivity contribution in [3.05, 3.63) is 48.2 Å². The van der Waals surface area contributed by atoms with E-state index in [-0.39, 0.29) is 0 Å². The molecule has 100 valence electrons. The highest BCUT2D eigenvalue weighted by Gasteiger charge is 2.04. The van der Waals surface area contributed by atoms with Gasteiger partial charge in [0.1, 0.15) is 12.4 Å². The zero-order valence-corrected chi connectivity index (χ0v) is 10.8. The molecular formula is C14H17N3O2. The van der Waals surface area contributed by atoms with Crippen molar-refractivity contribution in [2.24, 2.45) is 5.84 Å². The predicted octanol–water partition coefficient (Wildman–Crippen LogP) is 2.34. The molecule has 0 saturated heterocycles. The van der Waals surface area contributed by atoms with E-state index >= 15 is 0 Å². The first-order valence-electron chi connectivity index (χ1n) is 6.10. The maximum atomic E-state index is 5.72. The Hall–Kier alpha value is -2.27. The number of nitrogens with two attached hydrogens (primary N) is 1. The Morgan fingerprint density at radius 2 is 1.79 bits per heavy atom. The van der Waals surface area contributed by atoms with Crippen LogP contribution in [0.1, 0.15) is 12.6 Å². The van der Waals surface area contributed by atoms with Crippen LogP contribution in [0.2, 0.25) is 0 Å². The molecular weight excluding hydrogens is 242 g/mol. The van der Waals surface area contributed by atoms with E-state index in [4.69, 9.17) is 15.3 Å². The Bertz CT molecular complexity index is 532. The molecule has 0 fully saturated rings. The maximum Gasteiger partial charge on any atom is 0.161 e. The van der Waals surface area contributed by atoms with Gasteiger partial charge in [0, 0.05) is 0 Å². The smallest absolute Gasteiger partial charge is 0.161 e. The second-order valence-electron chi connectivity index (χ2n) is 3.83. The number of ether oxygens (including phenoxy) is 2. The van der Waals surface area contributed by atoms with Crippen LogP contribution in [-0.2, 0) is 6.61 Å². The van der Waals surface area contributed by atoms with E-state index in [9.17, 15) is 0 Å². The van der Waals surface area contributed by atoms with Crippen molar-refractivity contribution in [3.63, 3.8) is 0 Å². The third kappa shape index (κ3) is 3.59. The van der Waals surface area contributed by atoms with Crippen LogP contribution < -0.4 is 20.7 Å². The van der Waals surface area contributed by atoms with Gasteiger partial charge < -0.3 is 14.9 Å². The van der Waals surface area contributed by atoms with Crippen molar-refractivity contribution in [2.75, 3.05) is 12.0 Å².